The minimum Gasteiger partial charge on any atom is -0.391 e. The van der Waals surface area contributed by atoms with Crippen LogP contribution in [-0.4, -0.2) is 34.2 Å². The summed E-state index contributed by atoms with van der Waals surface area (Å²) in [7, 11) is 0. The number of thiazole rings is 1. The van der Waals surface area contributed by atoms with Crippen LogP contribution < -0.4 is 4.90 Å². The molecule has 1 atom stereocenters. The molecule has 3 rings (SSSR count). The van der Waals surface area contributed by atoms with Crippen molar-refractivity contribution in [1.29, 1.82) is 0 Å². The quantitative estimate of drug-likeness (QED) is 0.933. The maximum Gasteiger partial charge on any atom is 0.186 e. The molecule has 0 aliphatic carbocycles. The lowest BCUT2D eigenvalue weighted by Crippen LogP contribution is -2.37. The molecule has 0 amide bonds. The second-order valence-electron chi connectivity index (χ2n) is 5.14. The van der Waals surface area contributed by atoms with E-state index < -0.39 is 0 Å². The van der Waals surface area contributed by atoms with E-state index >= 15 is 0 Å². The Labute approximate surface area is 134 Å². The number of rotatable bonds is 4. The van der Waals surface area contributed by atoms with Crippen molar-refractivity contribution in [2.24, 2.45) is 0 Å². The number of aliphatic hydroxyl groups excluding tert-OH is 1. The lowest BCUT2D eigenvalue weighted by molar-refractivity contribution is 0.286. The van der Waals surface area contributed by atoms with Crippen LogP contribution in [0.1, 0.15) is 18.2 Å². The summed E-state index contributed by atoms with van der Waals surface area (Å²) < 4.78 is 0. The van der Waals surface area contributed by atoms with Gasteiger partial charge in [0.05, 0.1) is 17.2 Å². The van der Waals surface area contributed by atoms with E-state index in [1.165, 1.54) is 6.42 Å². The average molecular weight is 320 g/mol. The van der Waals surface area contributed by atoms with Gasteiger partial charge in [-0.25, -0.2) is 4.98 Å². The molecule has 0 bridgehead atoms. The first-order valence-corrected chi connectivity index (χ1v) is 9.21. The Morgan fingerprint density at radius 3 is 2.86 bits per heavy atom. The van der Waals surface area contributed by atoms with Crippen LogP contribution in [0.25, 0.3) is 11.3 Å². The second-order valence-corrected chi connectivity index (χ2v) is 7.61. The van der Waals surface area contributed by atoms with Gasteiger partial charge in [-0.05, 0) is 6.42 Å². The predicted octanol–water partition coefficient (Wildman–Crippen LogP) is 3.63. The van der Waals surface area contributed by atoms with Crippen LogP contribution in [0.3, 0.4) is 0 Å². The molecule has 2 heterocycles. The third kappa shape index (κ3) is 3.25. The molecule has 1 saturated heterocycles. The number of hydrogen-bond acceptors (Lipinski definition) is 5. The van der Waals surface area contributed by atoms with Gasteiger partial charge in [-0.15, -0.1) is 0 Å². The first kappa shape index (κ1) is 14.9. The molecule has 3 nitrogen and oxygen atoms in total. The molecule has 21 heavy (non-hydrogen) atoms. The maximum atomic E-state index is 9.64. The fraction of sp³-hybridized carbons (Fsp3) is 0.438. The zero-order valence-electron chi connectivity index (χ0n) is 12.2. The van der Waals surface area contributed by atoms with Gasteiger partial charge < -0.3 is 10.0 Å². The summed E-state index contributed by atoms with van der Waals surface area (Å²) in [6, 6.07) is 10.1. The summed E-state index contributed by atoms with van der Waals surface area (Å²) in [5.41, 5.74) is 2.02. The van der Waals surface area contributed by atoms with Crippen molar-refractivity contribution in [3.05, 3.63) is 35.2 Å². The van der Waals surface area contributed by atoms with E-state index in [-0.39, 0.29) is 6.61 Å². The van der Waals surface area contributed by atoms with Gasteiger partial charge in [0.2, 0.25) is 0 Å². The van der Waals surface area contributed by atoms with Crippen LogP contribution in [0, 0.1) is 0 Å². The number of benzene rings is 1. The third-order valence-electron chi connectivity index (χ3n) is 3.74. The molecule has 1 N–H and O–H groups in total. The lowest BCUT2D eigenvalue weighted by Gasteiger charge is -2.31. The van der Waals surface area contributed by atoms with Crippen LogP contribution in [-0.2, 0) is 6.61 Å². The highest BCUT2D eigenvalue weighted by molar-refractivity contribution is 8.00. The van der Waals surface area contributed by atoms with Gasteiger partial charge >= 0.3 is 0 Å². The predicted molar refractivity (Wildman–Crippen MR) is 92.2 cm³/mol. The van der Waals surface area contributed by atoms with E-state index in [9.17, 15) is 5.11 Å². The van der Waals surface area contributed by atoms with Crippen molar-refractivity contribution in [1.82, 2.24) is 4.98 Å². The van der Waals surface area contributed by atoms with Crippen LogP contribution in [0.15, 0.2) is 30.3 Å². The Morgan fingerprint density at radius 2 is 2.14 bits per heavy atom. The Morgan fingerprint density at radius 1 is 1.33 bits per heavy atom. The van der Waals surface area contributed by atoms with Crippen molar-refractivity contribution in [2.75, 3.05) is 23.7 Å². The number of aliphatic hydroxyl groups is 1. The summed E-state index contributed by atoms with van der Waals surface area (Å²) in [5.74, 6) is 1.16. The standard InChI is InChI=1S/C16H20N2OS2/c1-2-13-10-18(8-9-20-13)16-17-15(14(11-19)21-16)12-6-4-3-5-7-12/h3-7,13,19H,2,8-11H2,1H3. The SMILES string of the molecule is CCC1CN(c2nc(-c3ccccc3)c(CO)s2)CCS1. The highest BCUT2D eigenvalue weighted by atomic mass is 32.2. The molecule has 0 spiro atoms. The minimum atomic E-state index is 0.0572. The van der Waals surface area contributed by atoms with E-state index in [2.05, 4.69) is 35.7 Å². The lowest BCUT2D eigenvalue weighted by atomic mass is 10.1. The molecule has 1 aliphatic rings. The number of thioether (sulfide) groups is 1. The first-order valence-electron chi connectivity index (χ1n) is 7.34. The van der Waals surface area contributed by atoms with Crippen molar-refractivity contribution < 1.29 is 5.11 Å². The monoisotopic (exact) mass is 320 g/mol. The fourth-order valence-electron chi connectivity index (χ4n) is 2.54. The second kappa shape index (κ2) is 6.81. The van der Waals surface area contributed by atoms with Crippen molar-refractivity contribution in [2.45, 2.75) is 25.2 Å². The van der Waals surface area contributed by atoms with E-state index in [1.54, 1.807) is 11.3 Å². The molecule has 1 aliphatic heterocycles. The molecular formula is C16H20N2OS2. The molecular weight excluding hydrogens is 300 g/mol. The first-order chi connectivity index (χ1) is 10.3. The third-order valence-corrected chi connectivity index (χ3v) is 6.21. The number of nitrogens with zero attached hydrogens (tertiary/aromatic N) is 2. The summed E-state index contributed by atoms with van der Waals surface area (Å²) in [6.07, 6.45) is 1.20. The van der Waals surface area contributed by atoms with Gasteiger partial charge in [0, 0.05) is 29.7 Å². The Hall–Kier alpha value is -1.04. The Kier molecular flexibility index (Phi) is 4.83. The van der Waals surface area contributed by atoms with E-state index in [0.717, 1.165) is 40.1 Å². The molecule has 1 aromatic heterocycles. The summed E-state index contributed by atoms with van der Waals surface area (Å²) in [5, 5.41) is 11.4. The zero-order chi connectivity index (χ0) is 14.7. The molecule has 1 unspecified atom stereocenters. The molecule has 1 fully saturated rings. The molecule has 1 aromatic carbocycles. The van der Waals surface area contributed by atoms with Crippen molar-refractivity contribution in [3.63, 3.8) is 0 Å². The van der Waals surface area contributed by atoms with Gasteiger partial charge in [-0.3, -0.25) is 0 Å². The van der Waals surface area contributed by atoms with Gasteiger partial charge in [0.1, 0.15) is 0 Å². The highest BCUT2D eigenvalue weighted by Gasteiger charge is 2.23. The maximum absolute atomic E-state index is 9.64. The fourth-order valence-corrected chi connectivity index (χ4v) is 4.70. The summed E-state index contributed by atoms with van der Waals surface area (Å²) in [4.78, 5) is 8.16. The van der Waals surface area contributed by atoms with Crippen LogP contribution >= 0.6 is 23.1 Å². The van der Waals surface area contributed by atoms with Crippen molar-refractivity contribution >= 4 is 28.2 Å². The summed E-state index contributed by atoms with van der Waals surface area (Å²) >= 11 is 3.69. The molecule has 5 heteroatoms. The van der Waals surface area contributed by atoms with E-state index in [1.807, 2.05) is 18.2 Å². The number of anilines is 1. The van der Waals surface area contributed by atoms with Gasteiger partial charge in [-0.2, -0.15) is 11.8 Å². The van der Waals surface area contributed by atoms with E-state index in [4.69, 9.17) is 4.98 Å². The van der Waals surface area contributed by atoms with E-state index in [0.29, 0.717) is 5.25 Å². The molecule has 0 radical (unpaired) electrons. The number of hydrogen-bond donors (Lipinski definition) is 1. The van der Waals surface area contributed by atoms with Gasteiger partial charge in [0.15, 0.2) is 5.13 Å². The molecule has 0 saturated carbocycles. The highest BCUT2D eigenvalue weighted by Crippen LogP contribution is 2.35. The number of aromatic nitrogens is 1. The smallest absolute Gasteiger partial charge is 0.186 e. The zero-order valence-corrected chi connectivity index (χ0v) is 13.8. The normalized spacial score (nSPS) is 19.0. The Balaban J connectivity index is 1.89. The molecule has 2 aromatic rings. The van der Waals surface area contributed by atoms with Gasteiger partial charge in [-0.1, -0.05) is 48.6 Å². The topological polar surface area (TPSA) is 36.4 Å². The average Bonchev–Trinajstić information content (AvgIpc) is 3.00. The van der Waals surface area contributed by atoms with Gasteiger partial charge in [0.25, 0.3) is 0 Å². The molecule has 112 valence electrons. The largest absolute Gasteiger partial charge is 0.391 e. The van der Waals surface area contributed by atoms with Crippen LogP contribution in [0.5, 0.6) is 0 Å². The summed E-state index contributed by atoms with van der Waals surface area (Å²) in [6.45, 7) is 4.42. The van der Waals surface area contributed by atoms with Crippen molar-refractivity contribution in [3.8, 4) is 11.3 Å². The van der Waals surface area contributed by atoms with Crippen LogP contribution in [0.4, 0.5) is 5.13 Å². The minimum absolute atomic E-state index is 0.0572. The Bertz CT molecular complexity index is 585. The van der Waals surface area contributed by atoms with Crippen LogP contribution in [0.2, 0.25) is 0 Å².